The zero-order chi connectivity index (χ0) is 13.5. The highest BCUT2D eigenvalue weighted by molar-refractivity contribution is 5.89. The van der Waals surface area contributed by atoms with Crippen LogP contribution in [-0.4, -0.2) is 22.5 Å². The number of ether oxygens (including phenoxy) is 2. The molecular weight excluding hydrogens is 244 g/mol. The van der Waals surface area contributed by atoms with Crippen LogP contribution in [-0.2, 0) is 4.74 Å². The Morgan fingerprint density at radius 1 is 1.26 bits per heavy atom. The zero-order valence-electron chi connectivity index (χ0n) is 10.4. The van der Waals surface area contributed by atoms with Gasteiger partial charge in [-0.3, -0.25) is 9.97 Å². The minimum absolute atomic E-state index is 0.0650. The summed E-state index contributed by atoms with van der Waals surface area (Å²) in [4.78, 5) is 19.5. The van der Waals surface area contributed by atoms with Crippen molar-refractivity contribution in [1.29, 1.82) is 0 Å². The van der Waals surface area contributed by atoms with Gasteiger partial charge >= 0.3 is 5.97 Å². The highest BCUT2D eigenvalue weighted by Gasteiger charge is 2.06. The fraction of sp³-hybridized carbons (Fsp3) is 0.143. The molecule has 2 rings (SSSR count). The molecule has 2 aromatic heterocycles. The Morgan fingerprint density at radius 2 is 2.05 bits per heavy atom. The summed E-state index contributed by atoms with van der Waals surface area (Å²) in [6.45, 7) is 3.32. The fourth-order valence-electron chi connectivity index (χ4n) is 1.40. The first-order valence-corrected chi connectivity index (χ1v) is 5.74. The summed E-state index contributed by atoms with van der Waals surface area (Å²) < 4.78 is 10.4. The first-order chi connectivity index (χ1) is 9.27. The summed E-state index contributed by atoms with van der Waals surface area (Å²) in [6.07, 6.45) is 4.76. The number of hydrogen-bond donors (Lipinski definition) is 0. The molecule has 19 heavy (non-hydrogen) atoms. The van der Waals surface area contributed by atoms with Crippen molar-refractivity contribution >= 4 is 5.97 Å². The molecule has 0 N–H and O–H groups in total. The Morgan fingerprint density at radius 3 is 2.79 bits per heavy atom. The van der Waals surface area contributed by atoms with E-state index in [0.29, 0.717) is 11.3 Å². The van der Waals surface area contributed by atoms with E-state index in [-0.39, 0.29) is 6.61 Å². The normalized spacial score (nSPS) is 9.95. The van der Waals surface area contributed by atoms with Crippen molar-refractivity contribution in [2.45, 2.75) is 6.92 Å². The Labute approximate surface area is 111 Å². The van der Waals surface area contributed by atoms with Crippen LogP contribution in [0, 0.1) is 13.5 Å². The van der Waals surface area contributed by atoms with Gasteiger partial charge in [-0.25, -0.2) is 4.79 Å². The molecule has 5 heteroatoms. The Kier molecular flexibility index (Phi) is 4.44. The van der Waals surface area contributed by atoms with Gasteiger partial charge in [-0.05, 0) is 31.2 Å². The second-order valence-electron chi connectivity index (χ2n) is 3.71. The van der Waals surface area contributed by atoms with E-state index in [1.807, 2.05) is 6.92 Å². The van der Waals surface area contributed by atoms with E-state index in [1.165, 1.54) is 19.0 Å². The lowest BCUT2D eigenvalue weighted by Crippen LogP contribution is -2.09. The van der Waals surface area contributed by atoms with Crippen LogP contribution in [0.4, 0.5) is 0 Å². The van der Waals surface area contributed by atoms with Crippen LogP contribution >= 0.6 is 0 Å². The predicted octanol–water partition coefficient (Wildman–Crippen LogP) is 2.18. The summed E-state index contributed by atoms with van der Waals surface area (Å²) in [7, 11) is 0. The van der Waals surface area contributed by atoms with Crippen molar-refractivity contribution in [3.05, 3.63) is 60.7 Å². The number of aromatic nitrogens is 2. The van der Waals surface area contributed by atoms with Gasteiger partial charge in [0.15, 0.2) is 6.61 Å². The molecule has 0 aliphatic carbocycles. The molecule has 0 saturated heterocycles. The average molecular weight is 257 g/mol. The molecule has 0 aliphatic heterocycles. The van der Waals surface area contributed by atoms with Crippen molar-refractivity contribution in [2.75, 3.05) is 6.61 Å². The van der Waals surface area contributed by atoms with Gasteiger partial charge in [0.05, 0.1) is 11.3 Å². The number of aryl methyl sites for hydroxylation is 1. The van der Waals surface area contributed by atoms with Gasteiger partial charge in [0, 0.05) is 18.6 Å². The standard InChI is InChI=1S/C14H13N2O3/c1-11-13(3-2-6-16-11)18-9-10-19-14(17)12-4-7-15-8-5-12/h2-9H,10H2,1H3. The smallest absolute Gasteiger partial charge is 0.338 e. The number of pyridine rings is 2. The van der Waals surface area contributed by atoms with Gasteiger partial charge in [-0.1, -0.05) is 0 Å². The number of rotatable bonds is 5. The monoisotopic (exact) mass is 257 g/mol. The molecule has 97 valence electrons. The van der Waals surface area contributed by atoms with Gasteiger partial charge < -0.3 is 9.47 Å². The SMILES string of the molecule is Cc1ncccc1O[CH]COC(=O)c1ccncc1. The minimum atomic E-state index is -0.412. The van der Waals surface area contributed by atoms with Gasteiger partial charge in [-0.15, -0.1) is 0 Å². The first-order valence-electron chi connectivity index (χ1n) is 5.74. The maximum atomic E-state index is 11.6. The molecular formula is C14H13N2O3. The van der Waals surface area contributed by atoms with Crippen LogP contribution in [0.2, 0.25) is 0 Å². The van der Waals surface area contributed by atoms with Gasteiger partial charge in [0.2, 0.25) is 0 Å². The second kappa shape index (κ2) is 6.49. The van der Waals surface area contributed by atoms with E-state index < -0.39 is 5.97 Å². The molecule has 1 radical (unpaired) electrons. The molecule has 0 aromatic carbocycles. The lowest BCUT2D eigenvalue weighted by atomic mass is 10.3. The molecule has 0 saturated carbocycles. The van der Waals surface area contributed by atoms with E-state index in [9.17, 15) is 4.79 Å². The molecule has 0 aliphatic rings. The lowest BCUT2D eigenvalue weighted by molar-refractivity contribution is 0.0500. The van der Waals surface area contributed by atoms with Crippen molar-refractivity contribution < 1.29 is 14.3 Å². The number of carbonyl (C=O) groups is 1. The Hall–Kier alpha value is -2.43. The van der Waals surface area contributed by atoms with Crippen LogP contribution in [0.3, 0.4) is 0 Å². The van der Waals surface area contributed by atoms with E-state index >= 15 is 0 Å². The van der Waals surface area contributed by atoms with Gasteiger partial charge in [0.25, 0.3) is 0 Å². The third-order valence-corrected chi connectivity index (χ3v) is 2.37. The lowest BCUT2D eigenvalue weighted by Gasteiger charge is -2.07. The van der Waals surface area contributed by atoms with E-state index in [0.717, 1.165) is 5.69 Å². The fourth-order valence-corrected chi connectivity index (χ4v) is 1.40. The molecule has 2 heterocycles. The average Bonchev–Trinajstić information content (AvgIpc) is 2.46. The topological polar surface area (TPSA) is 61.3 Å². The van der Waals surface area contributed by atoms with E-state index in [4.69, 9.17) is 9.47 Å². The summed E-state index contributed by atoms with van der Waals surface area (Å²) >= 11 is 0. The van der Waals surface area contributed by atoms with Gasteiger partial charge in [-0.2, -0.15) is 0 Å². The van der Waals surface area contributed by atoms with Gasteiger partial charge in [0.1, 0.15) is 12.4 Å². The minimum Gasteiger partial charge on any atom is -0.481 e. The zero-order valence-corrected chi connectivity index (χ0v) is 10.4. The highest BCUT2D eigenvalue weighted by Crippen LogP contribution is 2.14. The molecule has 5 nitrogen and oxygen atoms in total. The molecule has 0 amide bonds. The molecule has 0 unspecified atom stereocenters. The van der Waals surface area contributed by atoms with Crippen LogP contribution in [0.15, 0.2) is 42.9 Å². The summed E-state index contributed by atoms with van der Waals surface area (Å²) in [5.74, 6) is 0.229. The molecule has 0 fully saturated rings. The number of carbonyl (C=O) groups excluding carboxylic acids is 1. The van der Waals surface area contributed by atoms with Crippen LogP contribution in [0.25, 0.3) is 0 Å². The number of nitrogens with zero attached hydrogens (tertiary/aromatic N) is 2. The highest BCUT2D eigenvalue weighted by atomic mass is 16.6. The number of hydrogen-bond acceptors (Lipinski definition) is 5. The van der Waals surface area contributed by atoms with E-state index in [2.05, 4.69) is 9.97 Å². The van der Waals surface area contributed by atoms with Crippen molar-refractivity contribution in [3.63, 3.8) is 0 Å². The van der Waals surface area contributed by atoms with Crippen LogP contribution in [0.1, 0.15) is 16.1 Å². The Bertz CT molecular complexity index is 543. The van der Waals surface area contributed by atoms with Crippen molar-refractivity contribution in [2.24, 2.45) is 0 Å². The van der Waals surface area contributed by atoms with E-state index in [1.54, 1.807) is 30.5 Å². The van der Waals surface area contributed by atoms with Crippen LogP contribution in [0.5, 0.6) is 5.75 Å². The van der Waals surface area contributed by atoms with Crippen LogP contribution < -0.4 is 4.74 Å². The quantitative estimate of drug-likeness (QED) is 0.607. The third kappa shape index (κ3) is 3.77. The Balaban J connectivity index is 1.76. The maximum absolute atomic E-state index is 11.6. The third-order valence-electron chi connectivity index (χ3n) is 2.37. The largest absolute Gasteiger partial charge is 0.481 e. The maximum Gasteiger partial charge on any atom is 0.338 e. The predicted molar refractivity (Wildman–Crippen MR) is 68.4 cm³/mol. The van der Waals surface area contributed by atoms with Crippen molar-refractivity contribution in [3.8, 4) is 5.75 Å². The second-order valence-corrected chi connectivity index (χ2v) is 3.71. The molecule has 0 atom stereocenters. The number of esters is 1. The summed E-state index contributed by atoms with van der Waals surface area (Å²) in [5, 5.41) is 0. The summed E-state index contributed by atoms with van der Waals surface area (Å²) in [6, 6.07) is 6.76. The summed E-state index contributed by atoms with van der Waals surface area (Å²) in [5.41, 5.74) is 1.24. The first kappa shape index (κ1) is 13.0. The van der Waals surface area contributed by atoms with Crippen molar-refractivity contribution in [1.82, 2.24) is 9.97 Å². The molecule has 0 spiro atoms. The molecule has 0 bridgehead atoms. The molecule has 2 aromatic rings.